The van der Waals surface area contributed by atoms with Crippen LogP contribution in [-0.2, 0) is 19.1 Å². The molecule has 10 nitrogen and oxygen atoms in total. The van der Waals surface area contributed by atoms with E-state index in [0.29, 0.717) is 12.1 Å². The van der Waals surface area contributed by atoms with Crippen molar-refractivity contribution in [2.24, 2.45) is 11.5 Å². The van der Waals surface area contributed by atoms with Gasteiger partial charge in [0.25, 0.3) is 5.91 Å². The van der Waals surface area contributed by atoms with Gasteiger partial charge in [-0.25, -0.2) is 19.4 Å². The molecule has 2 aliphatic rings. The van der Waals surface area contributed by atoms with Crippen molar-refractivity contribution in [3.63, 3.8) is 0 Å². The summed E-state index contributed by atoms with van der Waals surface area (Å²) < 4.78 is 3.95. The highest BCUT2D eigenvalue weighted by molar-refractivity contribution is 7.07. The van der Waals surface area contributed by atoms with Gasteiger partial charge in [0.1, 0.15) is 12.6 Å². The van der Waals surface area contributed by atoms with Crippen molar-refractivity contribution in [2.45, 2.75) is 37.4 Å². The molecule has 0 bridgehead atoms. The first-order valence-corrected chi connectivity index (χ1v) is 9.06. The van der Waals surface area contributed by atoms with E-state index in [9.17, 15) is 19.2 Å². The number of alkyl carbamates (subject to hydrolysis) is 1. The third-order valence-electron chi connectivity index (χ3n) is 4.92. The number of hydrogen-bond acceptors (Lipinski definition) is 8. The normalized spacial score (nSPS) is 31.9. The molecule has 3 unspecified atom stereocenters. The zero-order valence-corrected chi connectivity index (χ0v) is 14.9. The SMILES string of the molecule is C[C@H](N)C(=O)[N+]1(C(=O)C2COC(=O)N2)CCC(c2cscn2)[C@H]1C(N)=O. The third-order valence-corrected chi connectivity index (χ3v) is 5.52. The van der Waals surface area contributed by atoms with Gasteiger partial charge in [0.2, 0.25) is 0 Å². The number of nitrogens with zero attached hydrogens (tertiary/aromatic N) is 2. The molecule has 4 amide bonds. The number of likely N-dealkylation sites (tertiary alicyclic amines) is 1. The number of amides is 4. The Kier molecular flexibility index (Phi) is 4.78. The summed E-state index contributed by atoms with van der Waals surface area (Å²) in [6, 6.07) is -3.17. The van der Waals surface area contributed by atoms with Crippen molar-refractivity contribution < 1.29 is 28.4 Å². The molecule has 0 aromatic carbocycles. The average molecular weight is 382 g/mol. The fourth-order valence-corrected chi connectivity index (χ4v) is 4.46. The molecule has 140 valence electrons. The lowest BCUT2D eigenvalue weighted by molar-refractivity contribution is -0.784. The van der Waals surface area contributed by atoms with Crippen LogP contribution < -0.4 is 16.8 Å². The summed E-state index contributed by atoms with van der Waals surface area (Å²) in [4.78, 5) is 54.2. The summed E-state index contributed by atoms with van der Waals surface area (Å²) in [6.45, 7) is 1.30. The number of ether oxygens (including phenoxy) is 1. The van der Waals surface area contributed by atoms with Crippen LogP contribution in [0.15, 0.2) is 10.9 Å². The fraction of sp³-hybridized carbons (Fsp3) is 0.533. The molecule has 2 aliphatic heterocycles. The zero-order chi connectivity index (χ0) is 19.1. The van der Waals surface area contributed by atoms with E-state index in [1.807, 2.05) is 0 Å². The van der Waals surface area contributed by atoms with Gasteiger partial charge in [-0.15, -0.1) is 11.3 Å². The number of primary amides is 1. The highest BCUT2D eigenvalue weighted by Crippen LogP contribution is 2.40. The van der Waals surface area contributed by atoms with Gasteiger partial charge in [0, 0.05) is 11.8 Å². The van der Waals surface area contributed by atoms with Crippen LogP contribution >= 0.6 is 11.3 Å². The quantitative estimate of drug-likeness (QED) is 0.553. The van der Waals surface area contributed by atoms with Crippen molar-refractivity contribution >= 4 is 35.2 Å². The topological polar surface area (TPSA) is 154 Å². The van der Waals surface area contributed by atoms with Gasteiger partial charge in [-0.1, -0.05) is 0 Å². The van der Waals surface area contributed by atoms with Gasteiger partial charge in [-0.05, 0) is 6.92 Å². The van der Waals surface area contributed by atoms with E-state index in [1.54, 1.807) is 10.9 Å². The highest BCUT2D eigenvalue weighted by atomic mass is 32.1. The van der Waals surface area contributed by atoms with Crippen molar-refractivity contribution in [3.05, 3.63) is 16.6 Å². The zero-order valence-electron chi connectivity index (χ0n) is 14.1. The molecule has 3 rings (SSSR count). The number of hydrogen-bond donors (Lipinski definition) is 3. The van der Waals surface area contributed by atoms with E-state index in [-0.39, 0.29) is 13.2 Å². The monoisotopic (exact) mass is 382 g/mol. The van der Waals surface area contributed by atoms with E-state index in [0.717, 1.165) is 0 Å². The van der Waals surface area contributed by atoms with Gasteiger partial charge in [0.15, 0.2) is 12.1 Å². The number of rotatable bonds is 4. The molecular formula is C15H20N5O5S+. The molecular weight excluding hydrogens is 362 g/mol. The van der Waals surface area contributed by atoms with Crippen LogP contribution in [0.1, 0.15) is 25.0 Å². The second-order valence-electron chi connectivity index (χ2n) is 6.51. The molecule has 2 fully saturated rings. The van der Waals surface area contributed by atoms with Crippen LogP contribution in [0.3, 0.4) is 0 Å². The fourth-order valence-electron chi connectivity index (χ4n) is 3.84. The first-order valence-electron chi connectivity index (χ1n) is 8.12. The molecule has 3 heterocycles. The molecule has 0 radical (unpaired) electrons. The number of thiazole rings is 1. The minimum Gasteiger partial charge on any atom is -0.447 e. The molecule has 0 aliphatic carbocycles. The number of carbonyl (C=O) groups is 4. The largest absolute Gasteiger partial charge is 0.447 e. The van der Waals surface area contributed by atoms with Crippen molar-refractivity contribution in [3.8, 4) is 0 Å². The molecule has 26 heavy (non-hydrogen) atoms. The molecule has 2 saturated heterocycles. The molecule has 11 heteroatoms. The maximum Gasteiger partial charge on any atom is 0.408 e. The summed E-state index contributed by atoms with van der Waals surface area (Å²) in [5.41, 5.74) is 13.6. The van der Waals surface area contributed by atoms with E-state index < -0.39 is 52.3 Å². The molecule has 1 aromatic heterocycles. The van der Waals surface area contributed by atoms with E-state index >= 15 is 0 Å². The molecule has 0 saturated carbocycles. The molecule has 5 atom stereocenters. The summed E-state index contributed by atoms with van der Waals surface area (Å²) in [5.74, 6) is -2.52. The van der Waals surface area contributed by atoms with Gasteiger partial charge in [-0.2, -0.15) is 4.48 Å². The number of quaternary nitrogens is 1. The van der Waals surface area contributed by atoms with Gasteiger partial charge in [-0.3, -0.25) is 4.79 Å². The number of aromatic nitrogens is 1. The Labute approximate surface area is 153 Å². The minimum atomic E-state index is -1.14. The molecule has 1 aromatic rings. The predicted molar refractivity (Wildman–Crippen MR) is 89.5 cm³/mol. The number of cyclic esters (lactones) is 1. The van der Waals surface area contributed by atoms with Crippen LogP contribution in [0, 0.1) is 0 Å². The van der Waals surface area contributed by atoms with Gasteiger partial charge >= 0.3 is 17.9 Å². The summed E-state index contributed by atoms with van der Waals surface area (Å²) in [6.07, 6.45) is -0.385. The van der Waals surface area contributed by atoms with E-state index in [1.165, 1.54) is 18.3 Å². The Balaban J connectivity index is 2.07. The van der Waals surface area contributed by atoms with Crippen LogP contribution in [-0.4, -0.2) is 64.6 Å². The Bertz CT molecular complexity index is 752. The second-order valence-corrected chi connectivity index (χ2v) is 7.23. The van der Waals surface area contributed by atoms with Crippen molar-refractivity contribution in [1.82, 2.24) is 10.3 Å². The van der Waals surface area contributed by atoms with Crippen LogP contribution in [0.25, 0.3) is 0 Å². The lowest BCUT2D eigenvalue weighted by Crippen LogP contribution is -2.70. The number of imide groups is 1. The first-order chi connectivity index (χ1) is 12.3. The van der Waals surface area contributed by atoms with Crippen LogP contribution in [0.4, 0.5) is 4.79 Å². The lowest BCUT2D eigenvalue weighted by atomic mass is 9.95. The van der Waals surface area contributed by atoms with Gasteiger partial charge in [0.05, 0.1) is 23.7 Å². The lowest BCUT2D eigenvalue weighted by Gasteiger charge is -2.36. The van der Waals surface area contributed by atoms with Crippen LogP contribution in [0.2, 0.25) is 0 Å². The first kappa shape index (κ1) is 18.4. The Morgan fingerprint density at radius 2 is 2.19 bits per heavy atom. The maximum atomic E-state index is 13.3. The Hall–Kier alpha value is -2.37. The Morgan fingerprint density at radius 1 is 1.46 bits per heavy atom. The second kappa shape index (κ2) is 6.74. The predicted octanol–water partition coefficient (Wildman–Crippen LogP) is -1.19. The Morgan fingerprint density at radius 3 is 2.69 bits per heavy atom. The van der Waals surface area contributed by atoms with E-state index in [2.05, 4.69) is 10.3 Å². The smallest absolute Gasteiger partial charge is 0.408 e. The minimum absolute atomic E-state index is 0.0569. The molecule has 5 N–H and O–H groups in total. The number of nitrogens with one attached hydrogen (secondary N) is 1. The summed E-state index contributed by atoms with van der Waals surface area (Å²) in [5, 5.41) is 4.14. The summed E-state index contributed by atoms with van der Waals surface area (Å²) >= 11 is 1.35. The standard InChI is InChI=1S/C15H19N5O5S/c1-7(16)13(22)20(14(23)9-4-25-15(24)19-9)3-2-8(11(20)12(17)21)10-5-26-6-18-10/h5-9,11H,2-4,16H2,1H3,(H2-,17,19,21,24)/p+1/t7-,8?,9?,11-,20?/m0/s1. The maximum absolute atomic E-state index is 13.3. The van der Waals surface area contributed by atoms with Crippen molar-refractivity contribution in [1.29, 1.82) is 0 Å². The third kappa shape index (κ3) is 2.77. The van der Waals surface area contributed by atoms with E-state index in [4.69, 9.17) is 16.2 Å². The van der Waals surface area contributed by atoms with Gasteiger partial charge < -0.3 is 21.5 Å². The van der Waals surface area contributed by atoms with Crippen molar-refractivity contribution in [2.75, 3.05) is 13.2 Å². The number of carbonyl (C=O) groups excluding carboxylic acids is 4. The summed E-state index contributed by atoms with van der Waals surface area (Å²) in [7, 11) is 0. The number of nitrogens with two attached hydrogens (primary N) is 2. The van der Waals surface area contributed by atoms with Crippen LogP contribution in [0.5, 0.6) is 0 Å². The average Bonchev–Trinajstić information content (AvgIpc) is 3.32. The highest BCUT2D eigenvalue weighted by Gasteiger charge is 2.64. The molecule has 0 spiro atoms.